The number of carbonyl (C=O) groups excluding carboxylic acids is 1. The molecule has 1 aliphatic rings. The summed E-state index contributed by atoms with van der Waals surface area (Å²) < 4.78 is 0. The number of para-hydroxylation sites is 1. The molecule has 0 unspecified atom stereocenters. The van der Waals surface area contributed by atoms with Crippen LogP contribution in [0.2, 0.25) is 0 Å². The van der Waals surface area contributed by atoms with Crippen LogP contribution in [0.15, 0.2) is 47.5 Å². The lowest BCUT2D eigenvalue weighted by Gasteiger charge is -2.29. The predicted molar refractivity (Wildman–Crippen MR) is 82.2 cm³/mol. The highest BCUT2D eigenvalue weighted by Gasteiger charge is 2.22. The van der Waals surface area contributed by atoms with Crippen molar-refractivity contribution in [3.8, 4) is 0 Å². The van der Waals surface area contributed by atoms with Crippen molar-refractivity contribution in [1.29, 1.82) is 0 Å². The van der Waals surface area contributed by atoms with Crippen molar-refractivity contribution in [3.63, 3.8) is 0 Å². The van der Waals surface area contributed by atoms with Crippen molar-refractivity contribution in [1.82, 2.24) is 4.98 Å². The van der Waals surface area contributed by atoms with Crippen molar-refractivity contribution < 1.29 is 4.79 Å². The second-order valence-corrected chi connectivity index (χ2v) is 5.98. The average molecular weight is 284 g/mol. The predicted octanol–water partition coefficient (Wildman–Crippen LogP) is 3.07. The molecule has 0 saturated carbocycles. The third-order valence-corrected chi connectivity index (χ3v) is 4.40. The van der Waals surface area contributed by atoms with Crippen molar-refractivity contribution in [2.75, 3.05) is 17.2 Å². The van der Waals surface area contributed by atoms with E-state index < -0.39 is 0 Å². The summed E-state index contributed by atoms with van der Waals surface area (Å²) in [5.74, 6) is 1.10. The fraction of sp³-hybridized carbons (Fsp3) is 0.250. The molecule has 0 N–H and O–H groups in total. The number of nitrogens with zero attached hydrogens (tertiary/aromatic N) is 2. The van der Waals surface area contributed by atoms with E-state index in [9.17, 15) is 4.79 Å². The van der Waals surface area contributed by atoms with E-state index >= 15 is 0 Å². The highest BCUT2D eigenvalue weighted by atomic mass is 32.2. The van der Waals surface area contributed by atoms with E-state index in [-0.39, 0.29) is 5.91 Å². The van der Waals surface area contributed by atoms with E-state index in [2.05, 4.69) is 11.1 Å². The summed E-state index contributed by atoms with van der Waals surface area (Å²) in [4.78, 5) is 19.8. The molecule has 1 aliphatic heterocycles. The van der Waals surface area contributed by atoms with Gasteiger partial charge in [-0.2, -0.15) is 0 Å². The van der Waals surface area contributed by atoms with E-state index in [1.165, 1.54) is 4.90 Å². The van der Waals surface area contributed by atoms with Crippen LogP contribution in [0.3, 0.4) is 0 Å². The molecule has 0 radical (unpaired) electrons. The van der Waals surface area contributed by atoms with Gasteiger partial charge in [0.05, 0.1) is 12.1 Å². The number of hydrogen-bond donors (Lipinski definition) is 0. The zero-order valence-corrected chi connectivity index (χ0v) is 12.2. The van der Waals surface area contributed by atoms with Gasteiger partial charge in [-0.3, -0.25) is 9.78 Å². The molecule has 1 aromatic heterocycles. The van der Waals surface area contributed by atoms with Gasteiger partial charge < -0.3 is 4.90 Å². The topological polar surface area (TPSA) is 33.2 Å². The lowest BCUT2D eigenvalue weighted by atomic mass is 10.1. The number of hydrogen-bond acceptors (Lipinski definition) is 3. The number of aryl methyl sites for hydroxylation is 1. The fourth-order valence-electron chi connectivity index (χ4n) is 2.30. The van der Waals surface area contributed by atoms with Crippen LogP contribution >= 0.6 is 11.8 Å². The quantitative estimate of drug-likeness (QED) is 0.849. The number of carbonyl (C=O) groups is 1. The second kappa shape index (κ2) is 5.67. The lowest BCUT2D eigenvalue weighted by Crippen LogP contribution is -2.36. The second-order valence-electron chi connectivity index (χ2n) is 4.85. The van der Waals surface area contributed by atoms with Crippen LogP contribution in [0.1, 0.15) is 11.3 Å². The first-order valence-corrected chi connectivity index (χ1v) is 7.66. The first kappa shape index (κ1) is 13.2. The van der Waals surface area contributed by atoms with Gasteiger partial charge in [-0.15, -0.1) is 11.8 Å². The number of rotatable bonds is 2. The molecule has 0 fully saturated rings. The van der Waals surface area contributed by atoms with Gasteiger partial charge in [-0.1, -0.05) is 18.2 Å². The van der Waals surface area contributed by atoms with Crippen LogP contribution in [0.5, 0.6) is 0 Å². The Morgan fingerprint density at radius 3 is 2.95 bits per heavy atom. The summed E-state index contributed by atoms with van der Waals surface area (Å²) in [6.45, 7) is 2.73. The van der Waals surface area contributed by atoms with Gasteiger partial charge in [0.25, 0.3) is 0 Å². The third-order valence-electron chi connectivity index (χ3n) is 3.36. The van der Waals surface area contributed by atoms with Gasteiger partial charge in [0.1, 0.15) is 0 Å². The first-order chi connectivity index (χ1) is 9.74. The zero-order chi connectivity index (χ0) is 13.9. The third kappa shape index (κ3) is 2.70. The Morgan fingerprint density at radius 1 is 1.30 bits per heavy atom. The molecule has 3 rings (SSSR count). The average Bonchev–Trinajstić information content (AvgIpc) is 2.49. The molecule has 0 aliphatic carbocycles. The van der Waals surface area contributed by atoms with Gasteiger partial charge in [-0.25, -0.2) is 0 Å². The van der Waals surface area contributed by atoms with Crippen LogP contribution in [0, 0.1) is 6.92 Å². The molecule has 2 heterocycles. The maximum absolute atomic E-state index is 12.5. The van der Waals surface area contributed by atoms with Crippen LogP contribution < -0.4 is 4.90 Å². The number of amides is 1. The number of aromatic nitrogens is 1. The van der Waals surface area contributed by atoms with Gasteiger partial charge in [0.15, 0.2) is 0 Å². The van der Waals surface area contributed by atoms with Crippen molar-refractivity contribution >= 4 is 23.4 Å². The summed E-state index contributed by atoms with van der Waals surface area (Å²) >= 11 is 1.81. The Hall–Kier alpha value is -1.81. The van der Waals surface area contributed by atoms with Crippen LogP contribution in [0.25, 0.3) is 0 Å². The normalized spacial score (nSPS) is 13.9. The minimum Gasteiger partial charge on any atom is -0.310 e. The molecular weight excluding hydrogens is 268 g/mol. The summed E-state index contributed by atoms with van der Waals surface area (Å²) in [6, 6.07) is 12.0. The zero-order valence-electron chi connectivity index (χ0n) is 11.4. The van der Waals surface area contributed by atoms with Gasteiger partial charge in [0, 0.05) is 29.1 Å². The number of anilines is 1. The summed E-state index contributed by atoms with van der Waals surface area (Å²) in [5.41, 5.74) is 2.98. The van der Waals surface area contributed by atoms with E-state index in [0.29, 0.717) is 6.42 Å². The molecule has 1 aromatic carbocycles. The molecule has 0 bridgehead atoms. The molecule has 4 heteroatoms. The Balaban J connectivity index is 1.80. The standard InChI is InChI=1S/C16H16N2OS/c1-12-6-7-13(11-17-12)10-16(19)18-8-9-20-15-5-3-2-4-14(15)18/h2-7,11H,8-10H2,1H3. The lowest BCUT2D eigenvalue weighted by molar-refractivity contribution is -0.118. The molecule has 20 heavy (non-hydrogen) atoms. The van der Waals surface area contributed by atoms with Crippen molar-refractivity contribution in [2.24, 2.45) is 0 Å². The van der Waals surface area contributed by atoms with E-state index in [4.69, 9.17) is 0 Å². The number of pyridine rings is 1. The maximum Gasteiger partial charge on any atom is 0.231 e. The number of benzene rings is 1. The van der Waals surface area contributed by atoms with Crippen LogP contribution in [-0.4, -0.2) is 23.2 Å². The molecule has 0 atom stereocenters. The first-order valence-electron chi connectivity index (χ1n) is 6.68. The summed E-state index contributed by atoms with van der Waals surface area (Å²) in [5, 5.41) is 0. The fourth-order valence-corrected chi connectivity index (χ4v) is 3.30. The van der Waals surface area contributed by atoms with Crippen LogP contribution in [-0.2, 0) is 11.2 Å². The molecule has 3 nitrogen and oxygen atoms in total. The minimum absolute atomic E-state index is 0.142. The van der Waals surface area contributed by atoms with Gasteiger partial charge >= 0.3 is 0 Å². The SMILES string of the molecule is Cc1ccc(CC(=O)N2CCSc3ccccc32)cn1. The van der Waals surface area contributed by atoms with Crippen molar-refractivity contribution in [3.05, 3.63) is 53.9 Å². The smallest absolute Gasteiger partial charge is 0.231 e. The molecular formula is C16H16N2OS. The Bertz CT molecular complexity index is 625. The van der Waals surface area contributed by atoms with Gasteiger partial charge in [-0.05, 0) is 30.7 Å². The molecule has 102 valence electrons. The Kier molecular flexibility index (Phi) is 3.74. The van der Waals surface area contributed by atoms with E-state index in [0.717, 1.165) is 29.2 Å². The molecule has 2 aromatic rings. The molecule has 0 spiro atoms. The van der Waals surface area contributed by atoms with Crippen molar-refractivity contribution in [2.45, 2.75) is 18.2 Å². The molecule has 1 amide bonds. The Morgan fingerprint density at radius 2 is 2.15 bits per heavy atom. The highest BCUT2D eigenvalue weighted by Crippen LogP contribution is 2.34. The number of fused-ring (bicyclic) bond motifs is 1. The van der Waals surface area contributed by atoms with E-state index in [1.54, 1.807) is 6.20 Å². The summed E-state index contributed by atoms with van der Waals surface area (Å²) in [7, 11) is 0. The molecule has 0 saturated heterocycles. The summed E-state index contributed by atoms with van der Waals surface area (Å²) in [6.07, 6.45) is 2.20. The van der Waals surface area contributed by atoms with Crippen LogP contribution in [0.4, 0.5) is 5.69 Å². The van der Waals surface area contributed by atoms with Gasteiger partial charge in [0.2, 0.25) is 5.91 Å². The maximum atomic E-state index is 12.5. The minimum atomic E-state index is 0.142. The largest absolute Gasteiger partial charge is 0.310 e. The highest BCUT2D eigenvalue weighted by molar-refractivity contribution is 7.99. The van der Waals surface area contributed by atoms with E-state index in [1.807, 2.05) is 53.9 Å². The number of thioether (sulfide) groups is 1. The monoisotopic (exact) mass is 284 g/mol. The Labute approximate surface area is 123 Å².